The minimum absolute atomic E-state index is 0.197. The van der Waals surface area contributed by atoms with Crippen LogP contribution in [-0.4, -0.2) is 35.0 Å². The third-order valence-electron chi connectivity index (χ3n) is 3.82. The molecule has 2 rings (SSSR count). The highest BCUT2D eigenvalue weighted by molar-refractivity contribution is 5.81. The minimum atomic E-state index is -1.33. The van der Waals surface area contributed by atoms with Crippen LogP contribution in [0.1, 0.15) is 19.8 Å². The third kappa shape index (κ3) is 2.70. The van der Waals surface area contributed by atoms with Crippen LogP contribution in [0, 0.1) is 22.7 Å². The molecule has 102 valence electrons. The van der Waals surface area contributed by atoms with Crippen molar-refractivity contribution in [2.45, 2.75) is 25.4 Å². The highest BCUT2D eigenvalue weighted by Gasteiger charge is 2.52. The number of rotatable bonds is 5. The normalized spacial score (nSPS) is 25.4. The Hall–Kier alpha value is -1.64. The van der Waals surface area contributed by atoms with Gasteiger partial charge in [0.25, 0.3) is 0 Å². The van der Waals surface area contributed by atoms with Gasteiger partial charge in [-0.25, -0.2) is 4.79 Å². The maximum atomic E-state index is 10.7. The molecule has 0 aromatic rings. The number of ether oxygens (including phenoxy) is 1. The van der Waals surface area contributed by atoms with Crippen LogP contribution in [0.15, 0.2) is 23.8 Å². The Morgan fingerprint density at radius 3 is 2.53 bits per heavy atom. The van der Waals surface area contributed by atoms with Crippen molar-refractivity contribution in [3.05, 3.63) is 23.8 Å². The number of carboxylic acid groups (broad SMARTS) is 1. The Morgan fingerprint density at radius 1 is 1.53 bits per heavy atom. The second-order valence-electron chi connectivity index (χ2n) is 5.42. The Kier molecular flexibility index (Phi) is 3.48. The molecule has 19 heavy (non-hydrogen) atoms. The molecule has 5 nitrogen and oxygen atoms in total. The first-order valence-electron chi connectivity index (χ1n) is 6.25. The van der Waals surface area contributed by atoms with Gasteiger partial charge in [0.1, 0.15) is 11.0 Å². The van der Waals surface area contributed by atoms with E-state index in [1.54, 1.807) is 13.0 Å². The molecule has 1 saturated carbocycles. The van der Waals surface area contributed by atoms with E-state index in [-0.39, 0.29) is 19.1 Å². The predicted octanol–water partition coefficient (Wildman–Crippen LogP) is 1.25. The number of allylic oxidation sites excluding steroid dienone is 2. The number of carboxylic acids is 1. The Labute approximate surface area is 111 Å². The number of hydrogen-bond donors (Lipinski definition) is 2. The lowest BCUT2D eigenvalue weighted by molar-refractivity contribution is -0.162. The summed E-state index contributed by atoms with van der Waals surface area (Å²) in [7, 11) is 0. The van der Waals surface area contributed by atoms with E-state index >= 15 is 0 Å². The highest BCUT2D eigenvalue weighted by atomic mass is 16.5. The molecule has 0 bridgehead atoms. The standard InChI is InChI=1S/C14H17NO4/c1-13(18,14(7-15)8-19-9-14)5-4-11(6-12(16)17)10-2-3-10/h4-6,10,18H,2-3,8-9H2,1H3,(H,16,17)/b5-4+,11-6+/t13-/m1/s1. The minimum Gasteiger partial charge on any atom is -0.478 e. The van der Waals surface area contributed by atoms with Crippen LogP contribution in [-0.2, 0) is 9.53 Å². The van der Waals surface area contributed by atoms with Crippen LogP contribution in [0.25, 0.3) is 0 Å². The second-order valence-corrected chi connectivity index (χ2v) is 5.42. The quantitative estimate of drug-likeness (QED) is 0.575. The van der Waals surface area contributed by atoms with Crippen LogP contribution >= 0.6 is 0 Å². The van der Waals surface area contributed by atoms with Crippen LogP contribution < -0.4 is 0 Å². The maximum absolute atomic E-state index is 10.7. The summed E-state index contributed by atoms with van der Waals surface area (Å²) in [5.41, 5.74) is -1.56. The fourth-order valence-electron chi connectivity index (χ4n) is 2.06. The summed E-state index contributed by atoms with van der Waals surface area (Å²) < 4.78 is 5.02. The zero-order chi connectivity index (χ0) is 14.1. The summed E-state index contributed by atoms with van der Waals surface area (Å²) in [4.78, 5) is 10.7. The monoisotopic (exact) mass is 263 g/mol. The van der Waals surface area contributed by atoms with Gasteiger partial charge in [0.2, 0.25) is 0 Å². The highest BCUT2D eigenvalue weighted by Crippen LogP contribution is 2.41. The zero-order valence-electron chi connectivity index (χ0n) is 10.8. The van der Waals surface area contributed by atoms with Crippen LogP contribution in [0.5, 0.6) is 0 Å². The first-order chi connectivity index (χ1) is 8.90. The molecule has 5 heteroatoms. The van der Waals surface area contributed by atoms with E-state index in [0.29, 0.717) is 5.57 Å². The van der Waals surface area contributed by atoms with E-state index in [2.05, 4.69) is 6.07 Å². The number of nitrogens with zero attached hydrogens (tertiary/aromatic N) is 1. The molecule has 1 heterocycles. The van der Waals surface area contributed by atoms with E-state index in [0.717, 1.165) is 12.8 Å². The van der Waals surface area contributed by atoms with Crippen molar-refractivity contribution < 1.29 is 19.7 Å². The van der Waals surface area contributed by atoms with Gasteiger partial charge < -0.3 is 14.9 Å². The first-order valence-corrected chi connectivity index (χ1v) is 6.25. The molecule has 1 saturated heterocycles. The van der Waals surface area contributed by atoms with E-state index in [1.807, 2.05) is 0 Å². The van der Waals surface area contributed by atoms with Crippen LogP contribution in [0.3, 0.4) is 0 Å². The lowest BCUT2D eigenvalue weighted by Crippen LogP contribution is -2.56. The Balaban J connectivity index is 2.16. The van der Waals surface area contributed by atoms with Crippen LogP contribution in [0.4, 0.5) is 0 Å². The van der Waals surface area contributed by atoms with Gasteiger partial charge in [-0.1, -0.05) is 12.2 Å². The van der Waals surface area contributed by atoms with Crippen molar-refractivity contribution in [2.75, 3.05) is 13.2 Å². The number of carbonyl (C=O) groups is 1. The van der Waals surface area contributed by atoms with Gasteiger partial charge in [0, 0.05) is 6.08 Å². The molecule has 0 unspecified atom stereocenters. The molecular weight excluding hydrogens is 246 g/mol. The van der Waals surface area contributed by atoms with Crippen molar-refractivity contribution >= 4 is 5.97 Å². The molecule has 0 amide bonds. The number of hydrogen-bond acceptors (Lipinski definition) is 4. The number of aliphatic hydroxyl groups is 1. The van der Waals surface area contributed by atoms with Crippen LogP contribution in [0.2, 0.25) is 0 Å². The molecule has 0 spiro atoms. The summed E-state index contributed by atoms with van der Waals surface area (Å²) in [6.07, 6.45) is 6.26. The topological polar surface area (TPSA) is 90.5 Å². The average Bonchev–Trinajstić information content (AvgIpc) is 3.06. The van der Waals surface area contributed by atoms with E-state index < -0.39 is 17.0 Å². The van der Waals surface area contributed by atoms with E-state index in [4.69, 9.17) is 9.84 Å². The van der Waals surface area contributed by atoms with Gasteiger partial charge in [-0.2, -0.15) is 5.26 Å². The van der Waals surface area contributed by atoms with Crippen molar-refractivity contribution in [3.8, 4) is 6.07 Å². The molecule has 1 aliphatic heterocycles. The molecule has 1 atom stereocenters. The van der Waals surface area contributed by atoms with E-state index in [1.165, 1.54) is 12.2 Å². The fraction of sp³-hybridized carbons (Fsp3) is 0.571. The summed E-state index contributed by atoms with van der Waals surface area (Å²) >= 11 is 0. The summed E-state index contributed by atoms with van der Waals surface area (Å²) in [6.45, 7) is 1.95. The molecule has 2 N–H and O–H groups in total. The summed E-state index contributed by atoms with van der Waals surface area (Å²) in [5.74, 6) is -0.730. The number of aliphatic carboxylic acids is 1. The molecule has 0 radical (unpaired) electrons. The summed E-state index contributed by atoms with van der Waals surface area (Å²) in [5, 5.41) is 28.4. The van der Waals surface area contributed by atoms with Crippen molar-refractivity contribution in [3.63, 3.8) is 0 Å². The molecule has 1 aliphatic carbocycles. The largest absolute Gasteiger partial charge is 0.478 e. The Morgan fingerprint density at radius 2 is 2.16 bits per heavy atom. The first kappa shape index (κ1) is 13.8. The average molecular weight is 263 g/mol. The SMILES string of the molecule is C[C@@](O)(/C=C/C(=C\C(=O)O)C1CC1)C1(C#N)COC1. The lowest BCUT2D eigenvalue weighted by Gasteiger charge is -2.44. The summed E-state index contributed by atoms with van der Waals surface area (Å²) in [6, 6.07) is 2.10. The van der Waals surface area contributed by atoms with Gasteiger partial charge in [-0.15, -0.1) is 0 Å². The fourth-order valence-corrected chi connectivity index (χ4v) is 2.06. The molecule has 2 aliphatic rings. The lowest BCUT2D eigenvalue weighted by atomic mass is 9.72. The molecule has 0 aromatic heterocycles. The van der Waals surface area contributed by atoms with Gasteiger partial charge in [0.15, 0.2) is 0 Å². The molecular formula is C14H17NO4. The molecule has 2 fully saturated rings. The third-order valence-corrected chi connectivity index (χ3v) is 3.82. The van der Waals surface area contributed by atoms with E-state index in [9.17, 15) is 15.2 Å². The zero-order valence-corrected chi connectivity index (χ0v) is 10.8. The predicted molar refractivity (Wildman–Crippen MR) is 67.1 cm³/mol. The Bertz CT molecular complexity index is 476. The van der Waals surface area contributed by atoms with Crippen molar-refractivity contribution in [2.24, 2.45) is 11.3 Å². The maximum Gasteiger partial charge on any atom is 0.328 e. The number of nitriles is 1. The van der Waals surface area contributed by atoms with Gasteiger partial charge >= 0.3 is 5.97 Å². The van der Waals surface area contributed by atoms with Crippen molar-refractivity contribution in [1.29, 1.82) is 5.26 Å². The second kappa shape index (κ2) is 4.80. The molecule has 0 aromatic carbocycles. The van der Waals surface area contributed by atoms with Gasteiger partial charge in [0.05, 0.1) is 19.3 Å². The smallest absolute Gasteiger partial charge is 0.328 e. The van der Waals surface area contributed by atoms with Gasteiger partial charge in [-0.05, 0) is 31.3 Å². The van der Waals surface area contributed by atoms with Crippen molar-refractivity contribution in [1.82, 2.24) is 0 Å². The van der Waals surface area contributed by atoms with Gasteiger partial charge in [-0.3, -0.25) is 0 Å².